The minimum absolute atomic E-state index is 0.273. The number of rotatable bonds is 4. The van der Waals surface area contributed by atoms with Crippen LogP contribution in [0.2, 0.25) is 0 Å². The molecule has 0 bridgehead atoms. The van der Waals surface area contributed by atoms with Gasteiger partial charge in [-0.3, -0.25) is 0 Å². The van der Waals surface area contributed by atoms with Crippen LogP contribution in [0.1, 0.15) is 44.3 Å². The molecule has 0 saturated heterocycles. The molecule has 0 spiro atoms. The van der Waals surface area contributed by atoms with E-state index in [1.807, 2.05) is 24.6 Å². The molecule has 0 amide bonds. The summed E-state index contributed by atoms with van der Waals surface area (Å²) >= 11 is 0. The average molecular weight is 220 g/mol. The van der Waals surface area contributed by atoms with Crippen LogP contribution in [-0.2, 0) is 13.0 Å². The maximum absolute atomic E-state index is 5.55. The summed E-state index contributed by atoms with van der Waals surface area (Å²) in [6, 6.07) is 0. The summed E-state index contributed by atoms with van der Waals surface area (Å²) in [5.41, 5.74) is 0. The minimum atomic E-state index is 0.273. The van der Waals surface area contributed by atoms with Crippen molar-refractivity contribution in [3.63, 3.8) is 0 Å². The first-order chi connectivity index (χ1) is 7.70. The van der Waals surface area contributed by atoms with Gasteiger partial charge in [0.1, 0.15) is 12.4 Å². The summed E-state index contributed by atoms with van der Waals surface area (Å²) in [4.78, 5) is 4.25. The topological polar surface area (TPSA) is 56.7 Å². The van der Waals surface area contributed by atoms with Gasteiger partial charge in [-0.1, -0.05) is 20.8 Å². The third-order valence-electron chi connectivity index (χ3n) is 2.40. The van der Waals surface area contributed by atoms with Gasteiger partial charge in [0.15, 0.2) is 0 Å². The fraction of sp³-hybridized carbons (Fsp3) is 0.545. The van der Waals surface area contributed by atoms with Crippen molar-refractivity contribution >= 4 is 0 Å². The van der Waals surface area contributed by atoms with Crippen molar-refractivity contribution in [3.8, 4) is 0 Å². The highest BCUT2D eigenvalue weighted by molar-refractivity contribution is 4.96. The monoisotopic (exact) mass is 220 g/mol. The summed E-state index contributed by atoms with van der Waals surface area (Å²) in [6.45, 7) is 6.74. The van der Waals surface area contributed by atoms with E-state index in [0.29, 0.717) is 18.3 Å². The van der Waals surface area contributed by atoms with Gasteiger partial charge in [0.25, 0.3) is 0 Å². The Labute approximate surface area is 94.5 Å². The summed E-state index contributed by atoms with van der Waals surface area (Å²) < 4.78 is 7.57. The lowest BCUT2D eigenvalue weighted by molar-refractivity contribution is 0.420. The van der Waals surface area contributed by atoms with Crippen LogP contribution in [0.5, 0.6) is 0 Å². The molecule has 5 nitrogen and oxygen atoms in total. The molecule has 0 N–H and O–H groups in total. The van der Waals surface area contributed by atoms with Crippen LogP contribution in [0.4, 0.5) is 0 Å². The Morgan fingerprint density at radius 1 is 1.38 bits per heavy atom. The van der Waals surface area contributed by atoms with E-state index in [1.54, 1.807) is 6.20 Å². The summed E-state index contributed by atoms with van der Waals surface area (Å²) in [7, 11) is 0. The van der Waals surface area contributed by atoms with E-state index in [4.69, 9.17) is 4.42 Å². The Bertz CT molecular complexity index is 458. The van der Waals surface area contributed by atoms with Crippen molar-refractivity contribution in [2.24, 2.45) is 0 Å². The van der Waals surface area contributed by atoms with E-state index in [-0.39, 0.29) is 5.92 Å². The molecule has 0 saturated carbocycles. The fourth-order valence-corrected chi connectivity index (χ4v) is 1.51. The molecule has 0 atom stereocenters. The molecule has 0 aromatic carbocycles. The van der Waals surface area contributed by atoms with Crippen LogP contribution in [0, 0.1) is 0 Å². The maximum Gasteiger partial charge on any atom is 0.236 e. The highest BCUT2D eigenvalue weighted by atomic mass is 16.4. The molecule has 0 aliphatic carbocycles. The zero-order valence-corrected chi connectivity index (χ0v) is 9.84. The van der Waals surface area contributed by atoms with Gasteiger partial charge in [0.05, 0.1) is 0 Å². The Morgan fingerprint density at radius 3 is 2.81 bits per heavy atom. The molecule has 86 valence electrons. The maximum atomic E-state index is 5.55. The number of aryl methyl sites for hydroxylation is 1. The second kappa shape index (κ2) is 4.47. The lowest BCUT2D eigenvalue weighted by atomic mass is 10.2. The molecule has 2 aromatic heterocycles. The first-order valence-corrected chi connectivity index (χ1v) is 5.53. The van der Waals surface area contributed by atoms with Gasteiger partial charge in [0, 0.05) is 24.7 Å². The van der Waals surface area contributed by atoms with Gasteiger partial charge in [0.2, 0.25) is 11.8 Å². The predicted molar refractivity (Wildman–Crippen MR) is 59.1 cm³/mol. The van der Waals surface area contributed by atoms with Crippen molar-refractivity contribution in [2.75, 3.05) is 0 Å². The van der Waals surface area contributed by atoms with Gasteiger partial charge >= 0.3 is 0 Å². The first-order valence-electron chi connectivity index (χ1n) is 5.53. The third-order valence-corrected chi connectivity index (χ3v) is 2.40. The molecule has 2 heterocycles. The van der Waals surface area contributed by atoms with Crippen LogP contribution in [0.3, 0.4) is 0 Å². The van der Waals surface area contributed by atoms with E-state index in [9.17, 15) is 0 Å². The molecular weight excluding hydrogens is 204 g/mol. The summed E-state index contributed by atoms with van der Waals surface area (Å²) in [5.74, 6) is 2.63. The van der Waals surface area contributed by atoms with Gasteiger partial charge in [-0.15, -0.1) is 10.2 Å². The standard InChI is InChI=1S/C11H16N4O/c1-4-9-12-5-6-15(9)7-10-13-14-11(16-10)8(2)3/h5-6,8H,4,7H2,1-3H3. The van der Waals surface area contributed by atoms with Crippen LogP contribution in [-0.4, -0.2) is 19.7 Å². The van der Waals surface area contributed by atoms with E-state index >= 15 is 0 Å². The Hall–Kier alpha value is -1.65. The van der Waals surface area contributed by atoms with E-state index in [1.165, 1.54) is 0 Å². The lowest BCUT2D eigenvalue weighted by Crippen LogP contribution is -2.03. The van der Waals surface area contributed by atoms with Crippen LogP contribution >= 0.6 is 0 Å². The highest BCUT2D eigenvalue weighted by Crippen LogP contribution is 2.13. The normalized spacial score (nSPS) is 11.2. The number of imidazole rings is 1. The molecule has 2 rings (SSSR count). The molecule has 0 fully saturated rings. The van der Waals surface area contributed by atoms with Crippen molar-refractivity contribution in [1.82, 2.24) is 19.7 Å². The second-order valence-electron chi connectivity index (χ2n) is 4.01. The quantitative estimate of drug-likeness (QED) is 0.790. The summed E-state index contributed by atoms with van der Waals surface area (Å²) in [6.07, 6.45) is 4.62. The van der Waals surface area contributed by atoms with Crippen LogP contribution in [0.25, 0.3) is 0 Å². The van der Waals surface area contributed by atoms with E-state index in [2.05, 4.69) is 22.1 Å². The third kappa shape index (κ3) is 2.13. The van der Waals surface area contributed by atoms with Gasteiger partial charge in [-0.05, 0) is 0 Å². The van der Waals surface area contributed by atoms with Crippen molar-refractivity contribution in [3.05, 3.63) is 30.0 Å². The first kappa shape index (κ1) is 10.9. The van der Waals surface area contributed by atoms with E-state index in [0.717, 1.165) is 12.2 Å². The van der Waals surface area contributed by atoms with Gasteiger partial charge < -0.3 is 8.98 Å². The molecule has 0 unspecified atom stereocenters. The molecule has 0 aliphatic rings. The Morgan fingerprint density at radius 2 is 2.19 bits per heavy atom. The zero-order chi connectivity index (χ0) is 11.5. The largest absolute Gasteiger partial charge is 0.423 e. The molecule has 0 aliphatic heterocycles. The van der Waals surface area contributed by atoms with Crippen molar-refractivity contribution in [1.29, 1.82) is 0 Å². The fourth-order valence-electron chi connectivity index (χ4n) is 1.51. The van der Waals surface area contributed by atoms with Gasteiger partial charge in [-0.25, -0.2) is 4.98 Å². The molecular formula is C11H16N4O. The van der Waals surface area contributed by atoms with E-state index < -0.39 is 0 Å². The summed E-state index contributed by atoms with van der Waals surface area (Å²) in [5, 5.41) is 8.02. The molecule has 5 heteroatoms. The minimum Gasteiger partial charge on any atom is -0.423 e. The predicted octanol–water partition coefficient (Wildman–Crippen LogP) is 2.00. The Balaban J connectivity index is 2.14. The molecule has 2 aromatic rings. The SMILES string of the molecule is CCc1nccn1Cc1nnc(C(C)C)o1. The number of nitrogens with zero attached hydrogens (tertiary/aromatic N) is 4. The average Bonchev–Trinajstić information content (AvgIpc) is 2.87. The van der Waals surface area contributed by atoms with Gasteiger partial charge in [-0.2, -0.15) is 0 Å². The van der Waals surface area contributed by atoms with Crippen LogP contribution < -0.4 is 0 Å². The number of aromatic nitrogens is 4. The van der Waals surface area contributed by atoms with Crippen molar-refractivity contribution in [2.45, 2.75) is 39.7 Å². The van der Waals surface area contributed by atoms with Crippen molar-refractivity contribution < 1.29 is 4.42 Å². The molecule has 0 radical (unpaired) electrons. The highest BCUT2D eigenvalue weighted by Gasteiger charge is 2.10. The Kier molecular flexibility index (Phi) is 3.03. The smallest absolute Gasteiger partial charge is 0.236 e. The number of hydrogen-bond acceptors (Lipinski definition) is 4. The lowest BCUT2D eigenvalue weighted by Gasteiger charge is -2.02. The van der Waals surface area contributed by atoms with Crippen LogP contribution in [0.15, 0.2) is 16.8 Å². The molecule has 16 heavy (non-hydrogen) atoms. The second-order valence-corrected chi connectivity index (χ2v) is 4.01. The zero-order valence-electron chi connectivity index (χ0n) is 9.84. The number of hydrogen-bond donors (Lipinski definition) is 0.